The lowest BCUT2D eigenvalue weighted by atomic mass is 10.0. The summed E-state index contributed by atoms with van der Waals surface area (Å²) >= 11 is 1.81. The molecule has 1 saturated heterocycles. The number of esters is 1. The van der Waals surface area contributed by atoms with Crippen LogP contribution in [-0.4, -0.2) is 42.1 Å². The van der Waals surface area contributed by atoms with Gasteiger partial charge in [-0.1, -0.05) is 30.3 Å². The van der Waals surface area contributed by atoms with Crippen LogP contribution in [0.25, 0.3) is 0 Å². The summed E-state index contributed by atoms with van der Waals surface area (Å²) < 4.78 is 5.33. The van der Waals surface area contributed by atoms with Crippen LogP contribution in [0.15, 0.2) is 30.3 Å². The summed E-state index contributed by atoms with van der Waals surface area (Å²) in [5.41, 5.74) is 1.26. The molecule has 1 aromatic carbocycles. The highest BCUT2D eigenvalue weighted by Crippen LogP contribution is 2.34. The Morgan fingerprint density at radius 2 is 2.14 bits per heavy atom. The predicted octanol–water partition coefficient (Wildman–Crippen LogP) is 3.36. The molecule has 0 unspecified atom stereocenters. The van der Waals surface area contributed by atoms with Crippen LogP contribution in [0.2, 0.25) is 0 Å². The Morgan fingerprint density at radius 3 is 2.76 bits per heavy atom. The van der Waals surface area contributed by atoms with E-state index in [-0.39, 0.29) is 18.1 Å². The molecule has 0 spiro atoms. The van der Waals surface area contributed by atoms with Crippen LogP contribution in [-0.2, 0) is 9.53 Å². The molecule has 1 aliphatic heterocycles. The van der Waals surface area contributed by atoms with E-state index in [9.17, 15) is 4.79 Å². The van der Waals surface area contributed by atoms with Gasteiger partial charge in [0.05, 0.1) is 6.61 Å². The quantitative estimate of drug-likeness (QED) is 0.754. The van der Waals surface area contributed by atoms with Gasteiger partial charge in [-0.25, -0.2) is 0 Å². The predicted molar refractivity (Wildman–Crippen MR) is 88.5 cm³/mol. The van der Waals surface area contributed by atoms with Crippen molar-refractivity contribution in [3.05, 3.63) is 35.9 Å². The molecule has 0 aromatic heterocycles. The third-order valence-corrected chi connectivity index (χ3v) is 5.01. The van der Waals surface area contributed by atoms with Crippen molar-refractivity contribution < 1.29 is 9.53 Å². The molecular weight excluding hydrogens is 282 g/mol. The highest BCUT2D eigenvalue weighted by Gasteiger charge is 2.42. The second-order valence-electron chi connectivity index (χ2n) is 5.53. The summed E-state index contributed by atoms with van der Waals surface area (Å²) in [6.07, 6.45) is 3.17. The largest absolute Gasteiger partial charge is 0.465 e. The maximum absolute atomic E-state index is 12.4. The number of thioether (sulfide) groups is 1. The number of ether oxygens (including phenoxy) is 1. The molecule has 0 bridgehead atoms. The Balaban J connectivity index is 2.18. The number of rotatable bonds is 6. The van der Waals surface area contributed by atoms with E-state index in [0.29, 0.717) is 12.5 Å². The molecule has 0 N–H and O–H groups in total. The van der Waals surface area contributed by atoms with Gasteiger partial charge in [-0.05, 0) is 50.3 Å². The summed E-state index contributed by atoms with van der Waals surface area (Å²) in [6.45, 7) is 5.48. The SMILES string of the molecule is CCOC(=O)[C@@H]1[C@H](CSC)CCN1[C@@H](C)c1ccccc1. The first-order valence-corrected chi connectivity index (χ1v) is 9.04. The first-order chi connectivity index (χ1) is 10.2. The molecule has 116 valence electrons. The van der Waals surface area contributed by atoms with Crippen molar-refractivity contribution in [3.8, 4) is 0 Å². The number of carbonyl (C=O) groups excluding carboxylic acids is 1. The monoisotopic (exact) mass is 307 g/mol. The van der Waals surface area contributed by atoms with E-state index in [1.54, 1.807) is 0 Å². The highest BCUT2D eigenvalue weighted by molar-refractivity contribution is 7.98. The summed E-state index contributed by atoms with van der Waals surface area (Å²) in [5, 5.41) is 0. The van der Waals surface area contributed by atoms with Gasteiger partial charge in [-0.2, -0.15) is 11.8 Å². The lowest BCUT2D eigenvalue weighted by molar-refractivity contribution is -0.150. The molecule has 0 saturated carbocycles. The van der Waals surface area contributed by atoms with Gasteiger partial charge in [0.15, 0.2) is 0 Å². The standard InChI is InChI=1S/C17H25NO2S/c1-4-20-17(19)16-15(12-21-3)10-11-18(16)13(2)14-8-6-5-7-9-14/h5-9,13,15-16H,4,10-12H2,1-3H3/t13-,15-,16-/m0/s1. The summed E-state index contributed by atoms with van der Waals surface area (Å²) in [7, 11) is 0. The van der Waals surface area contributed by atoms with E-state index < -0.39 is 0 Å². The molecular formula is C17H25NO2S. The van der Waals surface area contributed by atoms with Crippen molar-refractivity contribution in [1.29, 1.82) is 0 Å². The summed E-state index contributed by atoms with van der Waals surface area (Å²) in [5.74, 6) is 1.35. The van der Waals surface area contributed by atoms with Gasteiger partial charge in [-0.15, -0.1) is 0 Å². The molecule has 0 aliphatic carbocycles. The van der Waals surface area contributed by atoms with E-state index in [0.717, 1.165) is 18.7 Å². The lowest BCUT2D eigenvalue weighted by Crippen LogP contribution is -2.42. The van der Waals surface area contributed by atoms with E-state index >= 15 is 0 Å². The van der Waals surface area contributed by atoms with Crippen LogP contribution in [0.5, 0.6) is 0 Å². The average molecular weight is 307 g/mol. The maximum Gasteiger partial charge on any atom is 0.323 e. The lowest BCUT2D eigenvalue weighted by Gasteiger charge is -2.31. The molecule has 3 atom stereocenters. The zero-order valence-electron chi connectivity index (χ0n) is 13.1. The van der Waals surface area contributed by atoms with Gasteiger partial charge in [0, 0.05) is 6.04 Å². The second-order valence-corrected chi connectivity index (χ2v) is 6.44. The van der Waals surface area contributed by atoms with Gasteiger partial charge in [0.1, 0.15) is 6.04 Å². The number of hydrogen-bond acceptors (Lipinski definition) is 4. The molecule has 1 fully saturated rings. The Labute approximate surface area is 132 Å². The highest BCUT2D eigenvalue weighted by atomic mass is 32.2. The number of benzene rings is 1. The Kier molecular flexibility index (Phi) is 6.12. The van der Waals surface area contributed by atoms with Crippen molar-refractivity contribution in [2.45, 2.75) is 32.4 Å². The molecule has 0 amide bonds. The number of nitrogens with zero attached hydrogens (tertiary/aromatic N) is 1. The van der Waals surface area contributed by atoms with E-state index in [1.165, 1.54) is 5.56 Å². The summed E-state index contributed by atoms with van der Waals surface area (Å²) in [6, 6.07) is 10.5. The Bertz CT molecular complexity index is 451. The molecule has 0 radical (unpaired) electrons. The minimum atomic E-state index is -0.104. The van der Waals surface area contributed by atoms with Crippen molar-refractivity contribution in [2.75, 3.05) is 25.2 Å². The zero-order valence-corrected chi connectivity index (χ0v) is 13.9. The fraction of sp³-hybridized carbons (Fsp3) is 0.588. The zero-order chi connectivity index (χ0) is 15.2. The molecule has 2 rings (SSSR count). The minimum Gasteiger partial charge on any atom is -0.465 e. The molecule has 1 aromatic rings. The first-order valence-electron chi connectivity index (χ1n) is 7.65. The minimum absolute atomic E-state index is 0.0585. The maximum atomic E-state index is 12.4. The van der Waals surface area contributed by atoms with Crippen LogP contribution in [0.1, 0.15) is 31.9 Å². The van der Waals surface area contributed by atoms with Crippen LogP contribution in [0, 0.1) is 5.92 Å². The number of hydrogen-bond donors (Lipinski definition) is 0. The molecule has 4 heteroatoms. The van der Waals surface area contributed by atoms with Gasteiger partial charge >= 0.3 is 5.97 Å². The normalized spacial score (nSPS) is 24.0. The van der Waals surface area contributed by atoms with Crippen molar-refractivity contribution >= 4 is 17.7 Å². The van der Waals surface area contributed by atoms with Crippen LogP contribution in [0.3, 0.4) is 0 Å². The van der Waals surface area contributed by atoms with E-state index in [2.05, 4.69) is 42.3 Å². The fourth-order valence-electron chi connectivity index (χ4n) is 3.18. The van der Waals surface area contributed by atoms with E-state index in [4.69, 9.17) is 4.74 Å². The third kappa shape index (κ3) is 3.80. The van der Waals surface area contributed by atoms with Gasteiger partial charge in [0.25, 0.3) is 0 Å². The second kappa shape index (κ2) is 7.85. The smallest absolute Gasteiger partial charge is 0.323 e. The van der Waals surface area contributed by atoms with Crippen LogP contribution >= 0.6 is 11.8 Å². The van der Waals surface area contributed by atoms with Crippen LogP contribution in [0.4, 0.5) is 0 Å². The van der Waals surface area contributed by atoms with E-state index in [1.807, 2.05) is 24.8 Å². The third-order valence-electron chi connectivity index (χ3n) is 4.25. The van der Waals surface area contributed by atoms with Gasteiger partial charge in [-0.3, -0.25) is 9.69 Å². The molecule has 1 aliphatic rings. The molecule has 21 heavy (non-hydrogen) atoms. The number of carbonyl (C=O) groups is 1. The van der Waals surface area contributed by atoms with Gasteiger partial charge in [0.2, 0.25) is 0 Å². The van der Waals surface area contributed by atoms with Gasteiger partial charge < -0.3 is 4.74 Å². The van der Waals surface area contributed by atoms with Crippen molar-refractivity contribution in [1.82, 2.24) is 4.90 Å². The average Bonchev–Trinajstić information content (AvgIpc) is 2.92. The topological polar surface area (TPSA) is 29.5 Å². The Hall–Kier alpha value is -1.00. The molecule has 3 nitrogen and oxygen atoms in total. The van der Waals surface area contributed by atoms with Crippen molar-refractivity contribution in [2.24, 2.45) is 5.92 Å². The summed E-state index contributed by atoms with van der Waals surface area (Å²) in [4.78, 5) is 14.7. The first kappa shape index (κ1) is 16.4. The molecule has 1 heterocycles. The van der Waals surface area contributed by atoms with Crippen molar-refractivity contribution in [3.63, 3.8) is 0 Å². The van der Waals surface area contributed by atoms with Crippen LogP contribution < -0.4 is 0 Å². The number of likely N-dealkylation sites (tertiary alicyclic amines) is 1. The fourth-order valence-corrected chi connectivity index (χ4v) is 3.96. The Morgan fingerprint density at radius 1 is 1.43 bits per heavy atom.